The summed E-state index contributed by atoms with van der Waals surface area (Å²) < 4.78 is 2.26. The van der Waals surface area contributed by atoms with Gasteiger partial charge < -0.3 is 0 Å². The van der Waals surface area contributed by atoms with E-state index in [2.05, 4.69) is 230 Å². The second-order valence-electron chi connectivity index (χ2n) is 15.8. The molecule has 0 N–H and O–H groups in total. The minimum atomic E-state index is 0.936. The number of benzene rings is 10. The first kappa shape index (κ1) is 36.3. The second kappa shape index (κ2) is 15.4. The van der Waals surface area contributed by atoms with Crippen LogP contribution in [-0.4, -0.2) is 9.55 Å². The van der Waals surface area contributed by atoms with Crippen LogP contribution in [0.25, 0.3) is 105 Å². The van der Waals surface area contributed by atoms with Gasteiger partial charge in [0.25, 0.3) is 0 Å². The summed E-state index contributed by atoms with van der Waals surface area (Å²) in [7, 11) is 0. The monoisotopic (exact) mass is 778 g/mol. The Morgan fingerprint density at radius 3 is 1.25 bits per heavy atom. The number of nitrogens with zero attached hydrogens (tertiary/aromatic N) is 2. The van der Waals surface area contributed by atoms with Crippen molar-refractivity contribution in [3.63, 3.8) is 0 Å². The lowest BCUT2D eigenvalue weighted by atomic mass is 9.84. The lowest BCUT2D eigenvalue weighted by Gasteiger charge is -2.20. The van der Waals surface area contributed by atoms with E-state index in [1.165, 1.54) is 71.6 Å². The number of imidazole rings is 1. The van der Waals surface area contributed by atoms with Gasteiger partial charge in [-0.15, -0.1) is 0 Å². The van der Waals surface area contributed by atoms with Crippen molar-refractivity contribution in [3.8, 4) is 72.7 Å². The first-order valence-corrected chi connectivity index (χ1v) is 21.2. The third-order valence-corrected chi connectivity index (χ3v) is 12.2. The Morgan fingerprint density at radius 1 is 0.344 bits per heavy atom. The molecule has 0 spiro atoms. The number of para-hydroxylation sites is 1. The Labute approximate surface area is 356 Å². The molecule has 0 aliphatic carbocycles. The zero-order chi connectivity index (χ0) is 40.7. The Kier molecular flexibility index (Phi) is 9.17. The number of hydrogen-bond donors (Lipinski definition) is 0. The van der Waals surface area contributed by atoms with Crippen molar-refractivity contribution in [3.05, 3.63) is 230 Å². The lowest BCUT2D eigenvalue weighted by molar-refractivity contribution is 1.10. The van der Waals surface area contributed by atoms with Gasteiger partial charge in [-0.05, 0) is 126 Å². The van der Waals surface area contributed by atoms with Gasteiger partial charge in [0.05, 0.1) is 11.0 Å². The van der Waals surface area contributed by atoms with Crippen LogP contribution in [0.15, 0.2) is 224 Å². The van der Waals surface area contributed by atoms with Crippen molar-refractivity contribution >= 4 is 32.6 Å². The van der Waals surface area contributed by atoms with Gasteiger partial charge in [-0.2, -0.15) is 0 Å². The Balaban J connectivity index is 1.04. The van der Waals surface area contributed by atoms with Crippen LogP contribution < -0.4 is 0 Å². The molecule has 0 amide bonds. The smallest absolute Gasteiger partial charge is 0.145 e. The molecule has 288 valence electrons. The normalized spacial score (nSPS) is 11.4. The Bertz CT molecular complexity index is 3330. The average molecular weight is 779 g/mol. The molecule has 0 fully saturated rings. The van der Waals surface area contributed by atoms with Crippen molar-refractivity contribution < 1.29 is 0 Å². The highest BCUT2D eigenvalue weighted by Gasteiger charge is 2.19. The fourth-order valence-electron chi connectivity index (χ4n) is 9.09. The van der Waals surface area contributed by atoms with E-state index in [-0.39, 0.29) is 0 Å². The molecule has 2 nitrogen and oxygen atoms in total. The van der Waals surface area contributed by atoms with Crippen LogP contribution in [0.1, 0.15) is 12.5 Å². The molecule has 0 radical (unpaired) electrons. The average Bonchev–Trinajstić information content (AvgIpc) is 3.73. The van der Waals surface area contributed by atoms with Gasteiger partial charge >= 0.3 is 0 Å². The van der Waals surface area contributed by atoms with Crippen LogP contribution in [-0.2, 0) is 6.42 Å². The van der Waals surface area contributed by atoms with E-state index in [1.54, 1.807) is 0 Å². The number of aryl methyl sites for hydroxylation is 1. The minimum Gasteiger partial charge on any atom is -0.292 e. The van der Waals surface area contributed by atoms with Gasteiger partial charge in [-0.1, -0.05) is 195 Å². The maximum Gasteiger partial charge on any atom is 0.145 e. The molecule has 0 saturated carbocycles. The summed E-state index contributed by atoms with van der Waals surface area (Å²) in [6.07, 6.45) is 1.03. The topological polar surface area (TPSA) is 17.8 Å². The predicted molar refractivity (Wildman–Crippen MR) is 258 cm³/mol. The van der Waals surface area contributed by atoms with E-state index in [0.29, 0.717) is 0 Å². The SMILES string of the molecule is CCc1ccc(-c2ccc3c(-c4ccccc4)c4cc(-c5ccc(-c6ccc7c(c6)nc(-c6ccccc6)n7-c6ccccc6)cc5)ccc4c(-c4ccccc4)c3c2)cc1. The third kappa shape index (κ3) is 6.59. The van der Waals surface area contributed by atoms with Crippen LogP contribution in [0.4, 0.5) is 0 Å². The van der Waals surface area contributed by atoms with E-state index in [9.17, 15) is 0 Å². The van der Waals surface area contributed by atoms with Crippen molar-refractivity contribution in [2.75, 3.05) is 0 Å². The molecule has 0 unspecified atom stereocenters. The fraction of sp³-hybridized carbons (Fsp3) is 0.0339. The van der Waals surface area contributed by atoms with Crippen LogP contribution >= 0.6 is 0 Å². The van der Waals surface area contributed by atoms with Gasteiger partial charge in [0.2, 0.25) is 0 Å². The van der Waals surface area contributed by atoms with Crippen molar-refractivity contribution in [1.82, 2.24) is 9.55 Å². The highest BCUT2D eigenvalue weighted by atomic mass is 15.1. The van der Waals surface area contributed by atoms with E-state index in [0.717, 1.165) is 45.7 Å². The highest BCUT2D eigenvalue weighted by molar-refractivity contribution is 6.22. The third-order valence-electron chi connectivity index (χ3n) is 12.2. The summed E-state index contributed by atoms with van der Waals surface area (Å²) in [6, 6.07) is 81.5. The molecule has 0 atom stereocenters. The zero-order valence-corrected chi connectivity index (χ0v) is 34.0. The first-order chi connectivity index (χ1) is 30.2. The molecule has 1 aromatic heterocycles. The molecule has 0 aliphatic heterocycles. The predicted octanol–water partition coefficient (Wildman–Crippen LogP) is 15.9. The summed E-state index contributed by atoms with van der Waals surface area (Å²) >= 11 is 0. The van der Waals surface area contributed by atoms with E-state index in [4.69, 9.17) is 4.98 Å². The molecule has 11 rings (SSSR count). The van der Waals surface area contributed by atoms with E-state index >= 15 is 0 Å². The van der Waals surface area contributed by atoms with Crippen LogP contribution in [0.3, 0.4) is 0 Å². The van der Waals surface area contributed by atoms with Gasteiger partial charge in [-0.3, -0.25) is 4.57 Å². The molecule has 0 saturated heterocycles. The van der Waals surface area contributed by atoms with E-state index < -0.39 is 0 Å². The van der Waals surface area contributed by atoms with Crippen LogP contribution in [0.2, 0.25) is 0 Å². The maximum absolute atomic E-state index is 5.21. The Hall–Kier alpha value is -7.81. The van der Waals surface area contributed by atoms with Gasteiger partial charge in [0.15, 0.2) is 0 Å². The van der Waals surface area contributed by atoms with Gasteiger partial charge in [0.1, 0.15) is 5.82 Å². The number of aromatic nitrogens is 2. The van der Waals surface area contributed by atoms with Gasteiger partial charge in [0, 0.05) is 11.3 Å². The lowest BCUT2D eigenvalue weighted by Crippen LogP contribution is -1.97. The molecular weight excluding hydrogens is 737 g/mol. The standard InChI is InChI=1S/C59H42N2/c1-2-40-23-25-41(26-24-40)47-31-34-51-53(37-47)57(44-15-7-3-8-16-44)52-35-32-48(38-54(52)58(51)45-17-9-4-10-18-45)42-27-29-43(30-28-42)49-33-36-56-55(39-49)60-59(46-19-11-5-12-20-46)61(56)50-21-13-6-14-22-50/h3-39H,2H2,1H3. The summed E-state index contributed by atoms with van der Waals surface area (Å²) in [4.78, 5) is 5.21. The summed E-state index contributed by atoms with van der Waals surface area (Å²) in [5, 5.41) is 5.00. The first-order valence-electron chi connectivity index (χ1n) is 21.2. The molecule has 0 bridgehead atoms. The number of fused-ring (bicyclic) bond motifs is 3. The zero-order valence-electron chi connectivity index (χ0n) is 34.0. The number of hydrogen-bond acceptors (Lipinski definition) is 1. The molecule has 1 heterocycles. The van der Waals surface area contributed by atoms with Crippen molar-refractivity contribution in [1.29, 1.82) is 0 Å². The highest BCUT2D eigenvalue weighted by Crippen LogP contribution is 2.46. The van der Waals surface area contributed by atoms with E-state index in [1.807, 2.05) is 6.07 Å². The van der Waals surface area contributed by atoms with Crippen LogP contribution in [0.5, 0.6) is 0 Å². The molecular formula is C59H42N2. The van der Waals surface area contributed by atoms with Gasteiger partial charge in [-0.25, -0.2) is 4.98 Å². The fourth-order valence-corrected chi connectivity index (χ4v) is 9.09. The summed E-state index contributed by atoms with van der Waals surface area (Å²) in [6.45, 7) is 2.21. The number of rotatable bonds is 8. The largest absolute Gasteiger partial charge is 0.292 e. The summed E-state index contributed by atoms with van der Waals surface area (Å²) in [5.41, 5.74) is 17.7. The Morgan fingerprint density at radius 2 is 0.754 bits per heavy atom. The molecule has 2 heteroatoms. The van der Waals surface area contributed by atoms with Crippen molar-refractivity contribution in [2.45, 2.75) is 13.3 Å². The quantitative estimate of drug-likeness (QED) is 0.141. The molecule has 11 aromatic rings. The van der Waals surface area contributed by atoms with Crippen molar-refractivity contribution in [2.24, 2.45) is 0 Å². The molecule has 0 aliphatic rings. The van der Waals surface area contributed by atoms with Crippen LogP contribution in [0, 0.1) is 0 Å². The maximum atomic E-state index is 5.21. The minimum absolute atomic E-state index is 0.936. The molecule has 61 heavy (non-hydrogen) atoms. The second-order valence-corrected chi connectivity index (χ2v) is 15.8. The summed E-state index contributed by atoms with van der Waals surface area (Å²) in [5.74, 6) is 0.936. The molecule has 10 aromatic carbocycles.